The van der Waals surface area contributed by atoms with Crippen molar-refractivity contribution >= 4 is 5.91 Å². The molecule has 0 aliphatic carbocycles. The zero-order valence-corrected chi connectivity index (χ0v) is 11.0. The Bertz CT molecular complexity index is 454. The Morgan fingerprint density at radius 1 is 1.37 bits per heavy atom. The van der Waals surface area contributed by atoms with Crippen molar-refractivity contribution in [1.82, 2.24) is 5.32 Å². The highest BCUT2D eigenvalue weighted by atomic mass is 19.1. The van der Waals surface area contributed by atoms with E-state index in [1.54, 1.807) is 6.92 Å². The first-order chi connectivity index (χ1) is 8.92. The lowest BCUT2D eigenvalue weighted by Crippen LogP contribution is -2.34. The fourth-order valence-electron chi connectivity index (χ4n) is 1.60. The van der Waals surface area contributed by atoms with Crippen molar-refractivity contribution < 1.29 is 18.3 Å². The third-order valence-electron chi connectivity index (χ3n) is 2.45. The van der Waals surface area contributed by atoms with E-state index in [4.69, 9.17) is 4.74 Å². The van der Waals surface area contributed by atoms with Crippen LogP contribution in [0.3, 0.4) is 0 Å². The van der Waals surface area contributed by atoms with Crippen LogP contribution < -0.4 is 5.32 Å². The number of nitrogens with one attached hydrogen (secondary N) is 1. The van der Waals surface area contributed by atoms with Crippen molar-refractivity contribution in [2.24, 2.45) is 0 Å². The molecule has 5 heteroatoms. The van der Waals surface area contributed by atoms with Crippen molar-refractivity contribution in [2.45, 2.75) is 26.1 Å². The first-order valence-electron chi connectivity index (χ1n) is 5.85. The molecule has 1 atom stereocenters. The molecule has 19 heavy (non-hydrogen) atoms. The smallest absolute Gasteiger partial charge is 0.249 e. The minimum Gasteiger partial charge on any atom is -0.363 e. The number of halogens is 2. The molecule has 3 nitrogen and oxygen atoms in total. The Kier molecular flexibility index (Phi) is 5.63. The minimum absolute atomic E-state index is 0.0416. The summed E-state index contributed by atoms with van der Waals surface area (Å²) in [6, 6.07) is 3.13. The van der Waals surface area contributed by atoms with Crippen LogP contribution in [0.15, 0.2) is 30.4 Å². The summed E-state index contributed by atoms with van der Waals surface area (Å²) in [4.78, 5) is 11.6. The van der Waals surface area contributed by atoms with Gasteiger partial charge < -0.3 is 10.1 Å². The van der Waals surface area contributed by atoms with Crippen LogP contribution in [0.25, 0.3) is 0 Å². The Labute approximate surface area is 111 Å². The third kappa shape index (κ3) is 5.18. The van der Waals surface area contributed by atoms with E-state index in [-0.39, 0.29) is 12.5 Å². The highest BCUT2D eigenvalue weighted by Gasteiger charge is 2.18. The molecule has 0 saturated heterocycles. The van der Waals surface area contributed by atoms with Crippen molar-refractivity contribution in [3.8, 4) is 0 Å². The molecule has 0 saturated carbocycles. The topological polar surface area (TPSA) is 38.3 Å². The highest BCUT2D eigenvalue weighted by Crippen LogP contribution is 2.13. The van der Waals surface area contributed by atoms with Crippen LogP contribution in [0.2, 0.25) is 0 Å². The number of carbonyl (C=O) groups excluding carboxylic acids is 1. The first-order valence-corrected chi connectivity index (χ1v) is 5.85. The second kappa shape index (κ2) is 6.99. The van der Waals surface area contributed by atoms with Gasteiger partial charge in [0, 0.05) is 19.5 Å². The van der Waals surface area contributed by atoms with Crippen LogP contribution in [0.5, 0.6) is 0 Å². The van der Waals surface area contributed by atoms with Gasteiger partial charge >= 0.3 is 0 Å². The van der Waals surface area contributed by atoms with Gasteiger partial charge in [0.2, 0.25) is 5.91 Å². The van der Waals surface area contributed by atoms with Gasteiger partial charge in [-0.25, -0.2) is 8.78 Å². The highest BCUT2D eigenvalue weighted by molar-refractivity contribution is 5.80. The molecule has 0 aliphatic rings. The van der Waals surface area contributed by atoms with Gasteiger partial charge in [0.1, 0.15) is 17.7 Å². The number of ether oxygens (including phenoxy) is 1. The van der Waals surface area contributed by atoms with E-state index in [1.165, 1.54) is 19.2 Å². The van der Waals surface area contributed by atoms with Crippen molar-refractivity contribution in [2.75, 3.05) is 7.05 Å². The normalized spacial score (nSPS) is 12.0. The molecule has 1 rings (SSSR count). The maximum Gasteiger partial charge on any atom is 0.249 e. The largest absolute Gasteiger partial charge is 0.363 e. The van der Waals surface area contributed by atoms with Gasteiger partial charge in [0.15, 0.2) is 0 Å². The minimum atomic E-state index is -0.714. The van der Waals surface area contributed by atoms with E-state index >= 15 is 0 Å². The van der Waals surface area contributed by atoms with Crippen LogP contribution in [0.4, 0.5) is 8.78 Å². The molecule has 1 N–H and O–H groups in total. The van der Waals surface area contributed by atoms with Crippen LogP contribution in [-0.2, 0) is 16.1 Å². The molecule has 0 aliphatic heterocycles. The molecule has 0 fully saturated rings. The monoisotopic (exact) mass is 269 g/mol. The zero-order valence-electron chi connectivity index (χ0n) is 11.0. The second-order valence-electron chi connectivity index (χ2n) is 4.35. The number of amides is 1. The standard InChI is InChI=1S/C14H17F2NO2/c1-9(2)4-13(14(18)17-3)19-8-10-5-11(15)7-12(16)6-10/h5-7,13H,1,4,8H2,2-3H3,(H,17,18). The van der Waals surface area contributed by atoms with Gasteiger partial charge in [-0.3, -0.25) is 4.79 Å². The van der Waals surface area contributed by atoms with Crippen LogP contribution in [-0.4, -0.2) is 19.1 Å². The van der Waals surface area contributed by atoms with Crippen molar-refractivity contribution in [1.29, 1.82) is 0 Å². The number of hydrogen-bond acceptors (Lipinski definition) is 2. The number of likely N-dealkylation sites (N-methyl/N-ethyl adjacent to an activating group) is 1. The molecule has 0 spiro atoms. The van der Waals surface area contributed by atoms with E-state index in [0.29, 0.717) is 12.0 Å². The summed E-state index contributed by atoms with van der Waals surface area (Å²) in [5, 5.41) is 2.48. The summed E-state index contributed by atoms with van der Waals surface area (Å²) in [7, 11) is 1.50. The summed E-state index contributed by atoms with van der Waals surface area (Å²) in [6.07, 6.45) is -0.355. The summed E-state index contributed by atoms with van der Waals surface area (Å²) in [6.45, 7) is 5.45. The Morgan fingerprint density at radius 3 is 2.42 bits per heavy atom. The lowest BCUT2D eigenvalue weighted by atomic mass is 10.1. The van der Waals surface area contributed by atoms with Gasteiger partial charge in [0.25, 0.3) is 0 Å². The van der Waals surface area contributed by atoms with Gasteiger partial charge in [-0.05, 0) is 24.6 Å². The third-order valence-corrected chi connectivity index (χ3v) is 2.45. The second-order valence-corrected chi connectivity index (χ2v) is 4.35. The summed E-state index contributed by atoms with van der Waals surface area (Å²) in [5.41, 5.74) is 1.13. The SMILES string of the molecule is C=C(C)CC(OCc1cc(F)cc(F)c1)C(=O)NC. The van der Waals surface area contributed by atoms with E-state index in [0.717, 1.165) is 11.6 Å². The fraction of sp³-hybridized carbons (Fsp3) is 0.357. The molecule has 0 heterocycles. The average Bonchev–Trinajstić information content (AvgIpc) is 2.31. The number of rotatable bonds is 6. The lowest BCUT2D eigenvalue weighted by Gasteiger charge is -2.16. The van der Waals surface area contributed by atoms with Gasteiger partial charge in [-0.2, -0.15) is 0 Å². The predicted molar refractivity (Wildman–Crippen MR) is 68.4 cm³/mol. The van der Waals surface area contributed by atoms with E-state index in [2.05, 4.69) is 11.9 Å². The Balaban J connectivity index is 2.69. The number of hydrogen-bond donors (Lipinski definition) is 1. The van der Waals surface area contributed by atoms with E-state index in [9.17, 15) is 13.6 Å². The molecular formula is C14H17F2NO2. The lowest BCUT2D eigenvalue weighted by molar-refractivity contribution is -0.133. The maximum atomic E-state index is 13.0. The maximum absolute atomic E-state index is 13.0. The van der Waals surface area contributed by atoms with Crippen LogP contribution >= 0.6 is 0 Å². The molecule has 1 amide bonds. The van der Waals surface area contributed by atoms with Crippen LogP contribution in [0, 0.1) is 11.6 Å². The van der Waals surface area contributed by atoms with Crippen molar-refractivity contribution in [3.05, 3.63) is 47.5 Å². The Hall–Kier alpha value is -1.75. The van der Waals surface area contributed by atoms with E-state index in [1.807, 2.05) is 0 Å². The van der Waals surface area contributed by atoms with Gasteiger partial charge in [-0.15, -0.1) is 6.58 Å². The molecule has 1 unspecified atom stereocenters. The molecule has 0 radical (unpaired) electrons. The fourth-order valence-corrected chi connectivity index (χ4v) is 1.60. The molecule has 1 aromatic rings. The van der Waals surface area contributed by atoms with E-state index < -0.39 is 17.7 Å². The average molecular weight is 269 g/mol. The summed E-state index contributed by atoms with van der Waals surface area (Å²) in [5.74, 6) is -1.63. The molecule has 1 aromatic carbocycles. The molecule has 0 aromatic heterocycles. The predicted octanol–water partition coefficient (Wildman–Crippen LogP) is 2.56. The molecule has 104 valence electrons. The molecule has 0 bridgehead atoms. The number of carbonyl (C=O) groups is 1. The molecular weight excluding hydrogens is 252 g/mol. The Morgan fingerprint density at radius 2 is 1.95 bits per heavy atom. The quantitative estimate of drug-likeness (QED) is 0.806. The zero-order chi connectivity index (χ0) is 14.4. The van der Waals surface area contributed by atoms with Crippen molar-refractivity contribution in [3.63, 3.8) is 0 Å². The first kappa shape index (κ1) is 15.3. The summed E-state index contributed by atoms with van der Waals surface area (Å²) >= 11 is 0. The summed E-state index contributed by atoms with van der Waals surface area (Å²) < 4.78 is 31.4. The van der Waals surface area contributed by atoms with Crippen LogP contribution in [0.1, 0.15) is 18.9 Å². The van der Waals surface area contributed by atoms with Gasteiger partial charge in [-0.1, -0.05) is 5.57 Å². The number of benzene rings is 1. The van der Waals surface area contributed by atoms with Gasteiger partial charge in [0.05, 0.1) is 6.61 Å².